The molecule has 0 aliphatic rings. The number of esters is 1. The second-order valence-corrected chi connectivity index (χ2v) is 8.37. The van der Waals surface area contributed by atoms with E-state index in [1.54, 1.807) is 74.5 Å². The highest BCUT2D eigenvalue weighted by Crippen LogP contribution is 2.41. The van der Waals surface area contributed by atoms with E-state index in [0.29, 0.717) is 44.9 Å². The van der Waals surface area contributed by atoms with Crippen molar-refractivity contribution in [1.82, 2.24) is 5.16 Å². The molecule has 0 saturated heterocycles. The molecule has 0 aliphatic carbocycles. The average molecular weight is 521 g/mol. The molecule has 0 atom stereocenters. The van der Waals surface area contributed by atoms with Crippen LogP contribution in [0.2, 0.25) is 5.02 Å². The molecule has 0 aliphatic heterocycles. The molecule has 4 rings (SSSR count). The third kappa shape index (κ3) is 5.92. The minimum Gasteiger partial charge on any atom is -0.469 e. The molecule has 0 spiro atoms. The zero-order valence-corrected chi connectivity index (χ0v) is 21.3. The number of para-hydroxylation sites is 1. The number of hydrogen-bond donors (Lipinski definition) is 0. The summed E-state index contributed by atoms with van der Waals surface area (Å²) in [4.78, 5) is 26.0. The lowest BCUT2D eigenvalue weighted by Gasteiger charge is -2.23. The van der Waals surface area contributed by atoms with E-state index in [-0.39, 0.29) is 19.0 Å². The van der Waals surface area contributed by atoms with Gasteiger partial charge in [0.15, 0.2) is 5.76 Å². The largest absolute Gasteiger partial charge is 0.469 e. The number of carbonyl (C=O) groups excluding carboxylic acids is 2. The Morgan fingerprint density at radius 1 is 1.00 bits per heavy atom. The average Bonchev–Trinajstić information content (AvgIpc) is 3.27. The summed E-state index contributed by atoms with van der Waals surface area (Å²) in [5.41, 5.74) is 2.81. The Balaban J connectivity index is 1.64. The molecule has 1 heterocycles. The van der Waals surface area contributed by atoms with Crippen LogP contribution in [0, 0.1) is 6.92 Å². The number of nitrogens with zero attached hydrogens (tertiary/aromatic N) is 2. The van der Waals surface area contributed by atoms with Crippen molar-refractivity contribution in [2.75, 3.05) is 18.6 Å². The number of carbonyl (C=O) groups is 2. The molecule has 9 heteroatoms. The number of aromatic nitrogens is 1. The second-order valence-electron chi connectivity index (χ2n) is 7.96. The van der Waals surface area contributed by atoms with Crippen LogP contribution < -0.4 is 9.64 Å². The number of halogens is 1. The third-order valence-corrected chi connectivity index (χ3v) is 5.75. The van der Waals surface area contributed by atoms with Gasteiger partial charge >= 0.3 is 12.1 Å². The Labute approximate surface area is 219 Å². The fourth-order valence-electron chi connectivity index (χ4n) is 3.72. The van der Waals surface area contributed by atoms with Gasteiger partial charge in [0.1, 0.15) is 22.9 Å². The van der Waals surface area contributed by atoms with E-state index in [1.807, 2.05) is 12.1 Å². The number of aryl methyl sites for hydroxylation is 1. The monoisotopic (exact) mass is 520 g/mol. The quantitative estimate of drug-likeness (QED) is 0.229. The predicted molar refractivity (Wildman–Crippen MR) is 140 cm³/mol. The number of benzene rings is 3. The van der Waals surface area contributed by atoms with E-state index < -0.39 is 6.09 Å². The van der Waals surface area contributed by atoms with E-state index in [2.05, 4.69) is 5.16 Å². The summed E-state index contributed by atoms with van der Waals surface area (Å²) >= 11 is 6.43. The molecule has 3 aromatic carbocycles. The Morgan fingerprint density at radius 3 is 2.46 bits per heavy atom. The molecule has 1 amide bonds. The van der Waals surface area contributed by atoms with Crippen molar-refractivity contribution in [3.63, 3.8) is 0 Å². The summed E-state index contributed by atoms with van der Waals surface area (Å²) in [5.74, 6) is 1.20. The highest BCUT2D eigenvalue weighted by molar-refractivity contribution is 6.34. The van der Waals surface area contributed by atoms with Gasteiger partial charge in [-0.15, -0.1) is 0 Å². The minimum atomic E-state index is -0.602. The second kappa shape index (κ2) is 11.6. The summed E-state index contributed by atoms with van der Waals surface area (Å²) in [6, 6.07) is 21.3. The van der Waals surface area contributed by atoms with Crippen LogP contribution in [-0.4, -0.2) is 30.9 Å². The van der Waals surface area contributed by atoms with E-state index in [0.717, 1.165) is 5.56 Å². The van der Waals surface area contributed by atoms with Gasteiger partial charge in [-0.3, -0.25) is 4.79 Å². The predicted octanol–water partition coefficient (Wildman–Crippen LogP) is 7.11. The first-order valence-corrected chi connectivity index (χ1v) is 11.9. The minimum absolute atomic E-state index is 0.155. The van der Waals surface area contributed by atoms with Crippen LogP contribution >= 0.6 is 11.6 Å². The Hall–Kier alpha value is -4.30. The zero-order valence-electron chi connectivity index (χ0n) is 20.6. The summed E-state index contributed by atoms with van der Waals surface area (Å²) < 4.78 is 21.7. The van der Waals surface area contributed by atoms with Gasteiger partial charge in [-0.25, -0.2) is 9.69 Å². The number of rotatable bonds is 8. The maximum Gasteiger partial charge on any atom is 0.419 e. The summed E-state index contributed by atoms with van der Waals surface area (Å²) in [5, 5.41) is 4.48. The van der Waals surface area contributed by atoms with E-state index >= 15 is 0 Å². The summed E-state index contributed by atoms with van der Waals surface area (Å²) in [7, 11) is 1.35. The molecule has 0 radical (unpaired) electrons. The molecule has 37 heavy (non-hydrogen) atoms. The molecule has 1 aromatic heterocycles. The Morgan fingerprint density at radius 2 is 1.76 bits per heavy atom. The Kier molecular flexibility index (Phi) is 8.10. The van der Waals surface area contributed by atoms with Crippen LogP contribution in [0.3, 0.4) is 0 Å². The number of hydrogen-bond acceptors (Lipinski definition) is 7. The van der Waals surface area contributed by atoms with Crippen LogP contribution in [0.25, 0.3) is 11.3 Å². The lowest BCUT2D eigenvalue weighted by atomic mass is 10.1. The van der Waals surface area contributed by atoms with E-state index in [1.165, 1.54) is 12.0 Å². The highest BCUT2D eigenvalue weighted by atomic mass is 35.5. The van der Waals surface area contributed by atoms with E-state index in [9.17, 15) is 9.59 Å². The fourth-order valence-corrected chi connectivity index (χ4v) is 3.94. The molecular weight excluding hydrogens is 496 g/mol. The first-order chi connectivity index (χ1) is 17.9. The van der Waals surface area contributed by atoms with Gasteiger partial charge in [0.2, 0.25) is 0 Å². The molecule has 0 saturated carbocycles. The Bertz CT molecular complexity index is 1400. The molecule has 0 bridgehead atoms. The van der Waals surface area contributed by atoms with E-state index in [4.69, 9.17) is 30.3 Å². The van der Waals surface area contributed by atoms with Crippen molar-refractivity contribution in [2.45, 2.75) is 20.3 Å². The highest BCUT2D eigenvalue weighted by Gasteiger charge is 2.30. The fraction of sp³-hybridized carbons (Fsp3) is 0.179. The van der Waals surface area contributed by atoms with Crippen LogP contribution in [0.5, 0.6) is 11.5 Å². The van der Waals surface area contributed by atoms with Crippen molar-refractivity contribution >= 4 is 35.0 Å². The molecular formula is C28H25ClN2O6. The third-order valence-electron chi connectivity index (χ3n) is 5.43. The van der Waals surface area contributed by atoms with Gasteiger partial charge in [0.05, 0.1) is 30.8 Å². The first kappa shape index (κ1) is 25.8. The van der Waals surface area contributed by atoms with Gasteiger partial charge in [0, 0.05) is 5.56 Å². The SMILES string of the molecule is CCOC(=O)N(c1ccccc1Cl)c1c(C)noc1-c1ccc(Oc2cccc(CC(=O)OC)c2)cc1. The van der Waals surface area contributed by atoms with Gasteiger partial charge in [0.25, 0.3) is 0 Å². The zero-order chi connectivity index (χ0) is 26.4. The lowest BCUT2D eigenvalue weighted by molar-refractivity contribution is -0.139. The maximum absolute atomic E-state index is 13.0. The van der Waals surface area contributed by atoms with Crippen LogP contribution in [0.1, 0.15) is 18.2 Å². The standard InChI is InChI=1S/C28H25ClN2O6/c1-4-35-28(33)31(24-11-6-5-10-23(24)29)26-18(2)30-37-27(26)20-12-14-21(15-13-20)36-22-9-7-8-19(16-22)17-25(32)34-3/h5-16H,4,17H2,1-3H3. The van der Waals surface area contributed by atoms with Crippen LogP contribution in [-0.2, 0) is 20.7 Å². The molecule has 190 valence electrons. The summed E-state index contributed by atoms with van der Waals surface area (Å²) in [6.45, 7) is 3.66. The normalized spacial score (nSPS) is 10.6. The molecule has 0 unspecified atom stereocenters. The van der Waals surface area contributed by atoms with Crippen molar-refractivity contribution in [2.24, 2.45) is 0 Å². The van der Waals surface area contributed by atoms with Gasteiger partial charge in [-0.2, -0.15) is 0 Å². The molecule has 0 fully saturated rings. The summed E-state index contributed by atoms with van der Waals surface area (Å²) in [6.07, 6.45) is -0.446. The molecule has 4 aromatic rings. The van der Waals surface area contributed by atoms with Crippen LogP contribution in [0.15, 0.2) is 77.3 Å². The number of anilines is 2. The van der Waals surface area contributed by atoms with Crippen molar-refractivity contribution in [1.29, 1.82) is 0 Å². The smallest absolute Gasteiger partial charge is 0.419 e. The first-order valence-electron chi connectivity index (χ1n) is 11.5. The lowest BCUT2D eigenvalue weighted by Crippen LogP contribution is -2.27. The van der Waals surface area contributed by atoms with Crippen molar-refractivity contribution < 1.29 is 28.3 Å². The topological polar surface area (TPSA) is 91.1 Å². The van der Waals surface area contributed by atoms with Gasteiger partial charge in [-0.1, -0.05) is 41.0 Å². The molecule has 8 nitrogen and oxygen atoms in total. The molecule has 0 N–H and O–H groups in total. The number of methoxy groups -OCH3 is 1. The van der Waals surface area contributed by atoms with Gasteiger partial charge < -0.3 is 18.7 Å². The van der Waals surface area contributed by atoms with Crippen molar-refractivity contribution in [3.8, 4) is 22.8 Å². The maximum atomic E-state index is 13.0. The number of amides is 1. The van der Waals surface area contributed by atoms with Gasteiger partial charge in [-0.05, 0) is 67.9 Å². The number of ether oxygens (including phenoxy) is 3. The van der Waals surface area contributed by atoms with Crippen LogP contribution in [0.4, 0.5) is 16.2 Å². The van der Waals surface area contributed by atoms with Crippen molar-refractivity contribution in [3.05, 3.63) is 89.1 Å².